The van der Waals surface area contributed by atoms with Gasteiger partial charge in [-0.3, -0.25) is 15.6 Å². The first-order valence-corrected chi connectivity index (χ1v) is 9.99. The third-order valence-corrected chi connectivity index (χ3v) is 4.74. The first-order chi connectivity index (χ1) is 13.6. The van der Waals surface area contributed by atoms with Gasteiger partial charge in [-0.15, -0.1) is 0 Å². The highest BCUT2D eigenvalue weighted by Crippen LogP contribution is 2.24. The monoisotopic (exact) mass is 457 g/mol. The van der Waals surface area contributed by atoms with E-state index in [1.54, 1.807) is 0 Å². The molecule has 3 rings (SSSR count). The number of hydrogen-bond acceptors (Lipinski definition) is 3. The van der Waals surface area contributed by atoms with E-state index in [0.717, 1.165) is 21.7 Å². The Balaban J connectivity index is 1.37. The third-order valence-electron chi connectivity index (χ3n) is 4.00. The summed E-state index contributed by atoms with van der Waals surface area (Å²) in [6.07, 6.45) is 0.845. The molecule has 0 unspecified atom stereocenters. The van der Waals surface area contributed by atoms with Crippen molar-refractivity contribution in [2.45, 2.75) is 6.42 Å². The second-order valence-electron chi connectivity index (χ2n) is 6.11. The summed E-state index contributed by atoms with van der Waals surface area (Å²) in [5.74, 6) is 0.316. The number of fused-ring (bicyclic) bond motifs is 1. The van der Waals surface area contributed by atoms with Crippen molar-refractivity contribution in [3.8, 4) is 5.75 Å². The molecule has 3 aromatic carbocycles. The highest BCUT2D eigenvalue weighted by atomic mass is 79.9. The Morgan fingerprint density at radius 3 is 2.54 bits per heavy atom. The van der Waals surface area contributed by atoms with Gasteiger partial charge < -0.3 is 10.1 Å². The van der Waals surface area contributed by atoms with Crippen molar-refractivity contribution in [1.82, 2.24) is 16.2 Å². The number of carbonyl (C=O) groups is 1. The summed E-state index contributed by atoms with van der Waals surface area (Å²) in [5, 5.41) is 5.55. The highest BCUT2D eigenvalue weighted by molar-refractivity contribution is 9.10. The predicted octanol–water partition coefficient (Wildman–Crippen LogP) is 3.72. The fourth-order valence-electron chi connectivity index (χ4n) is 2.61. The number of thiocarbonyl (C=S) groups is 1. The van der Waals surface area contributed by atoms with Crippen LogP contribution in [-0.2, 0) is 11.2 Å². The molecule has 28 heavy (non-hydrogen) atoms. The number of hydrazine groups is 1. The molecule has 0 heterocycles. The summed E-state index contributed by atoms with van der Waals surface area (Å²) in [4.78, 5) is 11.9. The van der Waals surface area contributed by atoms with E-state index in [9.17, 15) is 4.79 Å². The number of carbonyl (C=O) groups excluding carboxylic acids is 1. The summed E-state index contributed by atoms with van der Waals surface area (Å²) in [5.41, 5.74) is 6.42. The lowest BCUT2D eigenvalue weighted by Crippen LogP contribution is -2.48. The molecule has 7 heteroatoms. The van der Waals surface area contributed by atoms with Crippen LogP contribution in [0.2, 0.25) is 0 Å². The summed E-state index contributed by atoms with van der Waals surface area (Å²) >= 11 is 8.60. The van der Waals surface area contributed by atoms with E-state index in [4.69, 9.17) is 17.0 Å². The summed E-state index contributed by atoms with van der Waals surface area (Å²) < 4.78 is 6.57. The van der Waals surface area contributed by atoms with E-state index in [2.05, 4.69) is 44.2 Å². The van der Waals surface area contributed by atoms with Crippen molar-refractivity contribution in [3.05, 3.63) is 76.8 Å². The molecular formula is C21H20BrN3O2S. The molecule has 3 aromatic rings. The number of amides is 1. The zero-order chi connectivity index (χ0) is 19.8. The van der Waals surface area contributed by atoms with Gasteiger partial charge in [-0.2, -0.15) is 0 Å². The van der Waals surface area contributed by atoms with E-state index < -0.39 is 0 Å². The average molecular weight is 458 g/mol. The van der Waals surface area contributed by atoms with Gasteiger partial charge in [0.2, 0.25) is 0 Å². The number of rotatable bonds is 6. The van der Waals surface area contributed by atoms with Crippen molar-refractivity contribution < 1.29 is 9.53 Å². The van der Waals surface area contributed by atoms with E-state index in [0.29, 0.717) is 17.4 Å². The van der Waals surface area contributed by atoms with Crippen LogP contribution in [-0.4, -0.2) is 24.2 Å². The topological polar surface area (TPSA) is 62.4 Å². The van der Waals surface area contributed by atoms with Crippen LogP contribution in [0.15, 0.2) is 71.2 Å². The molecule has 0 saturated carbocycles. The van der Waals surface area contributed by atoms with Gasteiger partial charge in [0.05, 0.1) is 0 Å². The first-order valence-electron chi connectivity index (χ1n) is 8.79. The van der Waals surface area contributed by atoms with Crippen LogP contribution in [0.4, 0.5) is 0 Å². The van der Waals surface area contributed by atoms with E-state index >= 15 is 0 Å². The summed E-state index contributed by atoms with van der Waals surface area (Å²) in [6.45, 7) is 0.567. The Morgan fingerprint density at radius 2 is 1.71 bits per heavy atom. The molecule has 0 spiro atoms. The molecule has 0 aromatic heterocycles. The number of benzene rings is 3. The molecule has 0 fully saturated rings. The van der Waals surface area contributed by atoms with Crippen molar-refractivity contribution in [2.75, 3.05) is 13.2 Å². The van der Waals surface area contributed by atoms with E-state index in [1.807, 2.05) is 54.6 Å². The third kappa shape index (κ3) is 6.21. The van der Waals surface area contributed by atoms with Gasteiger partial charge in [0.15, 0.2) is 11.7 Å². The summed E-state index contributed by atoms with van der Waals surface area (Å²) in [7, 11) is 0. The van der Waals surface area contributed by atoms with Gasteiger partial charge in [0.1, 0.15) is 5.75 Å². The van der Waals surface area contributed by atoms with Gasteiger partial charge in [-0.05, 0) is 59.2 Å². The second kappa shape index (κ2) is 10.1. The number of halogens is 1. The Hall–Kier alpha value is -2.64. The Bertz CT molecular complexity index is 966. The number of ether oxygens (including phenoxy) is 1. The molecule has 3 N–H and O–H groups in total. The molecule has 0 aliphatic rings. The van der Waals surface area contributed by atoms with Crippen LogP contribution in [0, 0.1) is 0 Å². The molecule has 0 radical (unpaired) electrons. The minimum atomic E-state index is -0.317. The standard InChI is InChI=1S/C21H20BrN3O2S/c22-18-8-6-17-13-19(9-7-16(17)12-18)27-14-20(26)24-25-21(28)23-11-10-15-4-2-1-3-5-15/h1-9,12-13H,10-11,14H2,(H,24,26)(H2,23,25,28). The van der Waals surface area contributed by atoms with Gasteiger partial charge in [-0.1, -0.05) is 58.4 Å². The van der Waals surface area contributed by atoms with Gasteiger partial charge in [0.25, 0.3) is 5.91 Å². The molecule has 5 nitrogen and oxygen atoms in total. The number of hydrogen-bond donors (Lipinski definition) is 3. The fourth-order valence-corrected chi connectivity index (χ4v) is 3.14. The molecular weight excluding hydrogens is 438 g/mol. The molecule has 0 atom stereocenters. The Kier molecular flexibility index (Phi) is 7.22. The lowest BCUT2D eigenvalue weighted by atomic mass is 10.1. The molecule has 0 aliphatic carbocycles. The Labute approximate surface area is 177 Å². The van der Waals surface area contributed by atoms with E-state index in [-0.39, 0.29) is 12.5 Å². The maximum absolute atomic E-state index is 11.9. The summed E-state index contributed by atoms with van der Waals surface area (Å²) in [6, 6.07) is 21.8. The highest BCUT2D eigenvalue weighted by Gasteiger charge is 2.05. The van der Waals surface area contributed by atoms with Crippen molar-refractivity contribution >= 4 is 49.9 Å². The van der Waals surface area contributed by atoms with Gasteiger partial charge >= 0.3 is 0 Å². The van der Waals surface area contributed by atoms with Crippen molar-refractivity contribution in [2.24, 2.45) is 0 Å². The SMILES string of the molecule is O=C(COc1ccc2cc(Br)ccc2c1)NNC(=S)NCCc1ccccc1. The largest absolute Gasteiger partial charge is 0.484 e. The normalized spacial score (nSPS) is 10.3. The van der Waals surface area contributed by atoms with Crippen LogP contribution in [0.3, 0.4) is 0 Å². The van der Waals surface area contributed by atoms with Crippen LogP contribution < -0.4 is 20.9 Å². The average Bonchev–Trinajstić information content (AvgIpc) is 2.71. The minimum Gasteiger partial charge on any atom is -0.484 e. The molecule has 144 valence electrons. The van der Waals surface area contributed by atoms with E-state index in [1.165, 1.54) is 5.56 Å². The molecule has 0 aliphatic heterocycles. The molecule has 0 saturated heterocycles. The minimum absolute atomic E-state index is 0.109. The molecule has 0 bridgehead atoms. The van der Waals surface area contributed by atoms with Crippen molar-refractivity contribution in [1.29, 1.82) is 0 Å². The van der Waals surface area contributed by atoms with Crippen molar-refractivity contribution in [3.63, 3.8) is 0 Å². The maximum Gasteiger partial charge on any atom is 0.276 e. The first kappa shape index (κ1) is 20.1. The zero-order valence-electron chi connectivity index (χ0n) is 15.1. The zero-order valence-corrected chi connectivity index (χ0v) is 17.5. The van der Waals surface area contributed by atoms with Gasteiger partial charge in [0, 0.05) is 11.0 Å². The van der Waals surface area contributed by atoms with Crippen LogP contribution >= 0.6 is 28.1 Å². The van der Waals surface area contributed by atoms with Gasteiger partial charge in [-0.25, -0.2) is 0 Å². The predicted molar refractivity (Wildman–Crippen MR) is 119 cm³/mol. The van der Waals surface area contributed by atoms with Crippen LogP contribution in [0.1, 0.15) is 5.56 Å². The smallest absolute Gasteiger partial charge is 0.276 e. The van der Waals surface area contributed by atoms with Crippen LogP contribution in [0.5, 0.6) is 5.75 Å². The Morgan fingerprint density at radius 1 is 0.964 bits per heavy atom. The second-order valence-corrected chi connectivity index (χ2v) is 7.43. The lowest BCUT2D eigenvalue weighted by Gasteiger charge is -2.12. The lowest BCUT2D eigenvalue weighted by molar-refractivity contribution is -0.123. The quantitative estimate of drug-likeness (QED) is 0.388. The van der Waals surface area contributed by atoms with Crippen LogP contribution in [0.25, 0.3) is 10.8 Å². The molecule has 1 amide bonds. The number of nitrogens with one attached hydrogen (secondary N) is 3. The fraction of sp³-hybridized carbons (Fsp3) is 0.143. The maximum atomic E-state index is 11.9.